The first-order valence-electron chi connectivity index (χ1n) is 7.30. The van der Waals surface area contributed by atoms with Crippen molar-refractivity contribution in [3.63, 3.8) is 0 Å². The molecule has 0 aromatic heterocycles. The van der Waals surface area contributed by atoms with Gasteiger partial charge in [0, 0.05) is 5.69 Å². The minimum absolute atomic E-state index is 0.165. The van der Waals surface area contributed by atoms with Gasteiger partial charge in [0.05, 0.1) is 17.5 Å². The fraction of sp³-hybridized carbons (Fsp3) is 0.167. The van der Waals surface area contributed by atoms with Crippen LogP contribution in [-0.4, -0.2) is 17.7 Å². The summed E-state index contributed by atoms with van der Waals surface area (Å²) >= 11 is 0. The molecule has 0 saturated carbocycles. The molecule has 1 aliphatic rings. The lowest BCUT2D eigenvalue weighted by Crippen LogP contribution is -2.19. The minimum atomic E-state index is -0.435. The van der Waals surface area contributed by atoms with Crippen molar-refractivity contribution < 1.29 is 14.4 Å². The first-order chi connectivity index (χ1) is 10.9. The smallest absolute Gasteiger partial charge is 0.259 e. The first-order valence-corrected chi connectivity index (χ1v) is 7.30. The van der Waals surface area contributed by atoms with E-state index in [0.29, 0.717) is 16.8 Å². The predicted octanol–water partition coefficient (Wildman–Crippen LogP) is 2.37. The Morgan fingerprint density at radius 3 is 2.48 bits per heavy atom. The molecular weight excluding hydrogens is 292 g/mol. The van der Waals surface area contributed by atoms with Crippen LogP contribution in [0.3, 0.4) is 0 Å². The third-order valence-electron chi connectivity index (χ3n) is 3.87. The van der Waals surface area contributed by atoms with Crippen molar-refractivity contribution in [1.29, 1.82) is 0 Å². The van der Waals surface area contributed by atoms with E-state index in [4.69, 9.17) is 0 Å². The van der Waals surface area contributed by atoms with E-state index >= 15 is 0 Å². The van der Waals surface area contributed by atoms with Crippen molar-refractivity contribution in [1.82, 2.24) is 5.32 Å². The van der Waals surface area contributed by atoms with Crippen LogP contribution in [0.5, 0.6) is 0 Å². The molecular formula is C18H16N2O3. The lowest BCUT2D eigenvalue weighted by molar-refractivity contribution is -0.115. The maximum Gasteiger partial charge on any atom is 0.259 e. The van der Waals surface area contributed by atoms with Crippen LogP contribution in [0.4, 0.5) is 5.69 Å². The second kappa shape index (κ2) is 5.68. The highest BCUT2D eigenvalue weighted by Crippen LogP contribution is 2.20. The van der Waals surface area contributed by atoms with Crippen molar-refractivity contribution in [2.24, 2.45) is 0 Å². The largest absolute Gasteiger partial charge is 0.326 e. The van der Waals surface area contributed by atoms with Gasteiger partial charge < -0.3 is 5.32 Å². The lowest BCUT2D eigenvalue weighted by atomic mass is 10.0. The van der Waals surface area contributed by atoms with Crippen LogP contribution in [0, 0.1) is 13.8 Å². The average molecular weight is 308 g/mol. The molecule has 0 unspecified atom stereocenters. The molecule has 116 valence electrons. The number of amides is 3. The Hall–Kier alpha value is -2.95. The van der Waals surface area contributed by atoms with Gasteiger partial charge in [-0.2, -0.15) is 0 Å². The van der Waals surface area contributed by atoms with E-state index < -0.39 is 11.8 Å². The third kappa shape index (κ3) is 2.99. The molecule has 0 aliphatic carbocycles. The van der Waals surface area contributed by atoms with E-state index in [1.807, 2.05) is 32.0 Å². The number of hydrogen-bond acceptors (Lipinski definition) is 3. The van der Waals surface area contributed by atoms with Gasteiger partial charge in [-0.05, 0) is 43.2 Å². The predicted molar refractivity (Wildman–Crippen MR) is 86.5 cm³/mol. The summed E-state index contributed by atoms with van der Waals surface area (Å²) in [5.41, 5.74) is 4.31. The van der Waals surface area contributed by atoms with Gasteiger partial charge in [0.15, 0.2) is 0 Å². The average Bonchev–Trinajstić information content (AvgIpc) is 2.77. The highest BCUT2D eigenvalue weighted by Gasteiger charge is 2.26. The summed E-state index contributed by atoms with van der Waals surface area (Å²) in [4.78, 5) is 35.3. The Kier molecular flexibility index (Phi) is 3.70. The van der Waals surface area contributed by atoms with Crippen molar-refractivity contribution in [2.75, 3.05) is 5.32 Å². The molecule has 0 saturated heterocycles. The quantitative estimate of drug-likeness (QED) is 0.855. The van der Waals surface area contributed by atoms with Gasteiger partial charge in [0.25, 0.3) is 11.8 Å². The molecule has 1 aliphatic heterocycles. The molecule has 5 nitrogen and oxygen atoms in total. The Morgan fingerprint density at radius 2 is 1.74 bits per heavy atom. The molecule has 2 N–H and O–H groups in total. The third-order valence-corrected chi connectivity index (χ3v) is 3.87. The summed E-state index contributed by atoms with van der Waals surface area (Å²) in [7, 11) is 0. The van der Waals surface area contributed by atoms with Gasteiger partial charge in [-0.1, -0.05) is 23.8 Å². The Morgan fingerprint density at radius 1 is 1.00 bits per heavy atom. The van der Waals surface area contributed by atoms with E-state index in [1.165, 1.54) is 6.07 Å². The number of benzene rings is 2. The number of imide groups is 1. The number of carbonyl (C=O) groups is 3. The van der Waals surface area contributed by atoms with Crippen molar-refractivity contribution in [3.8, 4) is 0 Å². The molecule has 0 fully saturated rings. The Bertz CT molecular complexity index is 840. The molecule has 2 aromatic carbocycles. The highest BCUT2D eigenvalue weighted by atomic mass is 16.2. The fourth-order valence-electron chi connectivity index (χ4n) is 2.67. The van der Waals surface area contributed by atoms with E-state index in [0.717, 1.165) is 16.7 Å². The summed E-state index contributed by atoms with van der Waals surface area (Å²) in [6.45, 7) is 3.98. The normalized spacial score (nSPS) is 12.8. The maximum absolute atomic E-state index is 12.2. The van der Waals surface area contributed by atoms with Crippen LogP contribution >= 0.6 is 0 Å². The fourth-order valence-corrected chi connectivity index (χ4v) is 2.67. The van der Waals surface area contributed by atoms with Gasteiger partial charge in [-0.3, -0.25) is 19.7 Å². The van der Waals surface area contributed by atoms with E-state index in [-0.39, 0.29) is 12.3 Å². The number of carbonyl (C=O) groups excluding carboxylic acids is 3. The summed E-state index contributed by atoms with van der Waals surface area (Å²) in [5, 5.41) is 4.99. The van der Waals surface area contributed by atoms with Crippen molar-refractivity contribution in [3.05, 3.63) is 64.2 Å². The van der Waals surface area contributed by atoms with E-state index in [1.54, 1.807) is 12.1 Å². The first kappa shape index (κ1) is 15.0. The standard InChI is InChI=1S/C18H16N2O3/c1-10-3-4-12(11(2)7-10)8-16(21)19-13-5-6-14-15(9-13)18(23)20-17(14)22/h3-7,9H,8H2,1-2H3,(H,19,21)(H,20,22,23). The van der Waals surface area contributed by atoms with Crippen LogP contribution < -0.4 is 10.6 Å². The molecule has 3 amide bonds. The Labute approximate surface area is 133 Å². The SMILES string of the molecule is Cc1ccc(CC(=O)Nc2ccc3c(c2)C(=O)NC3=O)c(C)c1. The van der Waals surface area contributed by atoms with Crippen LogP contribution in [0.15, 0.2) is 36.4 Å². The number of anilines is 1. The number of aryl methyl sites for hydroxylation is 2. The molecule has 2 aromatic rings. The zero-order chi connectivity index (χ0) is 16.6. The molecule has 0 bridgehead atoms. The van der Waals surface area contributed by atoms with Gasteiger partial charge in [-0.15, -0.1) is 0 Å². The number of rotatable bonds is 3. The van der Waals surface area contributed by atoms with Crippen LogP contribution in [0.25, 0.3) is 0 Å². The van der Waals surface area contributed by atoms with Crippen LogP contribution in [0.2, 0.25) is 0 Å². The van der Waals surface area contributed by atoms with Gasteiger partial charge in [0.1, 0.15) is 0 Å². The maximum atomic E-state index is 12.2. The van der Waals surface area contributed by atoms with E-state index in [2.05, 4.69) is 10.6 Å². The second-order valence-corrected chi connectivity index (χ2v) is 5.70. The molecule has 5 heteroatoms. The lowest BCUT2D eigenvalue weighted by Gasteiger charge is -2.09. The summed E-state index contributed by atoms with van der Waals surface area (Å²) < 4.78 is 0. The molecule has 0 radical (unpaired) electrons. The summed E-state index contributed by atoms with van der Waals surface area (Å²) in [5.74, 6) is -1.00. The molecule has 23 heavy (non-hydrogen) atoms. The van der Waals surface area contributed by atoms with E-state index in [9.17, 15) is 14.4 Å². The number of fused-ring (bicyclic) bond motifs is 1. The van der Waals surface area contributed by atoms with Crippen LogP contribution in [0.1, 0.15) is 37.4 Å². The van der Waals surface area contributed by atoms with Gasteiger partial charge >= 0.3 is 0 Å². The van der Waals surface area contributed by atoms with Crippen molar-refractivity contribution in [2.45, 2.75) is 20.3 Å². The van der Waals surface area contributed by atoms with Crippen LogP contribution in [-0.2, 0) is 11.2 Å². The molecule has 1 heterocycles. The zero-order valence-electron chi connectivity index (χ0n) is 12.9. The number of nitrogens with one attached hydrogen (secondary N) is 2. The summed E-state index contributed by atoms with van der Waals surface area (Å²) in [6.07, 6.45) is 0.258. The van der Waals surface area contributed by atoms with Gasteiger partial charge in [0.2, 0.25) is 5.91 Å². The molecule has 0 atom stereocenters. The van der Waals surface area contributed by atoms with Crippen molar-refractivity contribution >= 4 is 23.4 Å². The topological polar surface area (TPSA) is 75.3 Å². The highest BCUT2D eigenvalue weighted by molar-refractivity contribution is 6.22. The van der Waals surface area contributed by atoms with Gasteiger partial charge in [-0.25, -0.2) is 0 Å². The summed E-state index contributed by atoms with van der Waals surface area (Å²) in [6, 6.07) is 10.6. The second-order valence-electron chi connectivity index (χ2n) is 5.70. The Balaban J connectivity index is 1.75. The zero-order valence-corrected chi connectivity index (χ0v) is 12.9. The minimum Gasteiger partial charge on any atom is -0.326 e. The monoisotopic (exact) mass is 308 g/mol. The molecule has 3 rings (SSSR count). The molecule has 0 spiro atoms. The number of hydrogen-bond donors (Lipinski definition) is 2.